The molecular weight excluding hydrogens is 464 g/mol. The zero-order valence-corrected chi connectivity index (χ0v) is 21.5. The van der Waals surface area contributed by atoms with Gasteiger partial charge in [-0.05, 0) is 46.1 Å². The van der Waals surface area contributed by atoms with Crippen LogP contribution in [0.2, 0.25) is 0 Å². The van der Waals surface area contributed by atoms with Crippen LogP contribution in [0.4, 0.5) is 4.79 Å². The number of aliphatic carboxylic acids is 1. The lowest BCUT2D eigenvalue weighted by Crippen LogP contribution is -2.53. The first kappa shape index (κ1) is 26.6. The van der Waals surface area contributed by atoms with Gasteiger partial charge in [0.05, 0.1) is 6.42 Å². The zero-order chi connectivity index (χ0) is 25.6. The summed E-state index contributed by atoms with van der Waals surface area (Å²) in [7, 11) is 0. The molecule has 0 saturated carbocycles. The number of carboxylic acids is 1. The van der Waals surface area contributed by atoms with Crippen LogP contribution < -0.4 is 10.6 Å². The number of nitrogens with one attached hydrogen (secondary N) is 2. The highest BCUT2D eigenvalue weighted by Crippen LogP contribution is 2.44. The molecule has 0 spiro atoms. The van der Waals surface area contributed by atoms with Crippen molar-refractivity contribution in [3.8, 4) is 11.1 Å². The molecule has 0 saturated heterocycles. The maximum atomic E-state index is 13.0. The van der Waals surface area contributed by atoms with Crippen molar-refractivity contribution in [2.75, 3.05) is 18.6 Å². The molecule has 3 N–H and O–H groups in total. The van der Waals surface area contributed by atoms with Crippen LogP contribution in [-0.2, 0) is 14.3 Å². The van der Waals surface area contributed by atoms with Gasteiger partial charge in [0.15, 0.2) is 0 Å². The molecule has 0 heterocycles. The molecular formula is C27H34N2O5S. The first-order valence-corrected chi connectivity index (χ1v) is 13.1. The molecule has 0 radical (unpaired) electrons. The average Bonchev–Trinajstić information content (AvgIpc) is 3.12. The largest absolute Gasteiger partial charge is 0.481 e. The Labute approximate surface area is 211 Å². The molecule has 0 fully saturated rings. The molecule has 1 aliphatic carbocycles. The lowest BCUT2D eigenvalue weighted by atomic mass is 9.84. The smallest absolute Gasteiger partial charge is 0.407 e. The first-order valence-electron chi connectivity index (χ1n) is 11.7. The second kappa shape index (κ2) is 11.6. The monoisotopic (exact) mass is 498 g/mol. The number of rotatable bonds is 10. The van der Waals surface area contributed by atoms with Gasteiger partial charge in [-0.2, -0.15) is 11.8 Å². The fourth-order valence-electron chi connectivity index (χ4n) is 4.31. The number of thioether (sulfide) groups is 1. The molecule has 2 amide bonds. The van der Waals surface area contributed by atoms with Gasteiger partial charge >= 0.3 is 12.1 Å². The number of hydrogen-bond donors (Lipinski definition) is 3. The highest BCUT2D eigenvalue weighted by atomic mass is 32.2. The van der Waals surface area contributed by atoms with Gasteiger partial charge < -0.3 is 20.5 Å². The molecule has 0 bridgehead atoms. The van der Waals surface area contributed by atoms with E-state index in [1.165, 1.54) is 0 Å². The molecule has 0 aromatic heterocycles. The number of fused-ring (bicyclic) bond motifs is 3. The van der Waals surface area contributed by atoms with Crippen molar-refractivity contribution in [2.24, 2.45) is 5.41 Å². The number of amides is 2. The summed E-state index contributed by atoms with van der Waals surface area (Å²) >= 11 is 1.56. The van der Waals surface area contributed by atoms with E-state index in [2.05, 4.69) is 22.8 Å². The van der Waals surface area contributed by atoms with E-state index in [0.717, 1.165) is 22.3 Å². The van der Waals surface area contributed by atoms with Gasteiger partial charge in [-0.15, -0.1) is 0 Å². The molecule has 1 aliphatic rings. The van der Waals surface area contributed by atoms with Crippen LogP contribution >= 0.6 is 11.8 Å². The molecule has 3 rings (SSSR count). The minimum absolute atomic E-state index is 0.0764. The second-order valence-electron chi connectivity index (χ2n) is 9.83. The lowest BCUT2D eigenvalue weighted by Gasteiger charge is -2.32. The van der Waals surface area contributed by atoms with E-state index in [9.17, 15) is 19.5 Å². The maximum Gasteiger partial charge on any atom is 0.407 e. The van der Waals surface area contributed by atoms with Gasteiger partial charge in [0.2, 0.25) is 5.91 Å². The fourth-order valence-corrected chi connectivity index (χ4v) is 4.78. The van der Waals surface area contributed by atoms with Crippen molar-refractivity contribution >= 4 is 29.7 Å². The van der Waals surface area contributed by atoms with Crippen LogP contribution in [0.15, 0.2) is 48.5 Å². The van der Waals surface area contributed by atoms with E-state index < -0.39 is 35.5 Å². The fraction of sp³-hybridized carbons (Fsp3) is 0.444. The minimum atomic E-state index is -0.990. The van der Waals surface area contributed by atoms with Gasteiger partial charge in [0.25, 0.3) is 0 Å². The summed E-state index contributed by atoms with van der Waals surface area (Å²) in [6.07, 6.45) is 1.46. The van der Waals surface area contributed by atoms with E-state index in [4.69, 9.17) is 4.74 Å². The number of carbonyl (C=O) groups excluding carboxylic acids is 2. The van der Waals surface area contributed by atoms with Gasteiger partial charge in [0.1, 0.15) is 12.6 Å². The number of carbonyl (C=O) groups is 3. The first-order chi connectivity index (χ1) is 16.6. The van der Waals surface area contributed by atoms with Crippen molar-refractivity contribution < 1.29 is 24.2 Å². The molecule has 1 unspecified atom stereocenters. The minimum Gasteiger partial charge on any atom is -0.481 e. The zero-order valence-electron chi connectivity index (χ0n) is 20.7. The third kappa shape index (κ3) is 6.78. The molecule has 2 atom stereocenters. The summed E-state index contributed by atoms with van der Waals surface area (Å²) < 4.78 is 5.61. The lowest BCUT2D eigenvalue weighted by molar-refractivity contribution is -0.138. The summed E-state index contributed by atoms with van der Waals surface area (Å²) in [6.45, 7) is 5.77. The Bertz CT molecular complexity index is 1020. The maximum absolute atomic E-state index is 13.0. The number of alkyl carbamates (subject to hydrolysis) is 1. The predicted molar refractivity (Wildman–Crippen MR) is 139 cm³/mol. The Hall–Kier alpha value is -3.00. The van der Waals surface area contributed by atoms with Crippen molar-refractivity contribution in [1.82, 2.24) is 10.6 Å². The van der Waals surface area contributed by atoms with E-state index in [1.807, 2.05) is 63.4 Å². The van der Waals surface area contributed by atoms with Gasteiger partial charge in [-0.1, -0.05) is 69.3 Å². The third-order valence-corrected chi connectivity index (χ3v) is 6.95. The Morgan fingerprint density at radius 3 is 2.09 bits per heavy atom. The van der Waals surface area contributed by atoms with Crippen LogP contribution in [0.3, 0.4) is 0 Å². The molecule has 188 valence electrons. The van der Waals surface area contributed by atoms with Crippen molar-refractivity contribution in [1.29, 1.82) is 0 Å². The summed E-state index contributed by atoms with van der Waals surface area (Å²) in [6, 6.07) is 14.8. The van der Waals surface area contributed by atoms with Crippen LogP contribution in [0.25, 0.3) is 11.1 Å². The van der Waals surface area contributed by atoms with Gasteiger partial charge in [0, 0.05) is 12.0 Å². The summed E-state index contributed by atoms with van der Waals surface area (Å²) in [5, 5.41) is 14.8. The Morgan fingerprint density at radius 2 is 1.57 bits per heavy atom. The SMILES string of the molecule is CSCC[C@@H](NC(=O)OCC1c2ccccc2-c2ccccc21)C(=O)NC(CC(=O)O)C(C)(C)C. The van der Waals surface area contributed by atoms with E-state index >= 15 is 0 Å². The molecule has 0 aliphatic heterocycles. The number of hydrogen-bond acceptors (Lipinski definition) is 5. The number of ether oxygens (including phenoxy) is 1. The number of benzene rings is 2. The molecule has 35 heavy (non-hydrogen) atoms. The molecule has 2 aromatic rings. The highest BCUT2D eigenvalue weighted by molar-refractivity contribution is 7.98. The third-order valence-electron chi connectivity index (χ3n) is 6.30. The van der Waals surface area contributed by atoms with Gasteiger partial charge in [-0.25, -0.2) is 4.79 Å². The Kier molecular flexibility index (Phi) is 8.83. The van der Waals surface area contributed by atoms with Crippen molar-refractivity contribution in [3.63, 3.8) is 0 Å². The highest BCUT2D eigenvalue weighted by Gasteiger charge is 2.32. The van der Waals surface area contributed by atoms with Crippen LogP contribution in [0, 0.1) is 5.41 Å². The summed E-state index contributed by atoms with van der Waals surface area (Å²) in [4.78, 5) is 37.1. The number of carboxylic acid groups (broad SMARTS) is 1. The van der Waals surface area contributed by atoms with Gasteiger partial charge in [-0.3, -0.25) is 9.59 Å². The van der Waals surface area contributed by atoms with E-state index in [0.29, 0.717) is 12.2 Å². The summed E-state index contributed by atoms with van der Waals surface area (Å²) in [5.41, 5.74) is 4.05. The van der Waals surface area contributed by atoms with Crippen LogP contribution in [0.1, 0.15) is 50.7 Å². The topological polar surface area (TPSA) is 105 Å². The van der Waals surface area contributed by atoms with E-state index in [1.54, 1.807) is 11.8 Å². The van der Waals surface area contributed by atoms with E-state index in [-0.39, 0.29) is 18.9 Å². The second-order valence-corrected chi connectivity index (χ2v) is 10.8. The predicted octanol–water partition coefficient (Wildman–Crippen LogP) is 4.65. The van der Waals surface area contributed by atoms with Crippen LogP contribution in [0.5, 0.6) is 0 Å². The Balaban J connectivity index is 1.67. The molecule has 7 nitrogen and oxygen atoms in total. The van der Waals surface area contributed by atoms with Crippen molar-refractivity contribution in [2.45, 2.75) is 51.6 Å². The standard InChI is InChI=1S/C27H34N2O5S/c1-27(2,3)23(15-24(30)31)29-25(32)22(13-14-35-4)28-26(33)34-16-21-19-11-7-5-9-17(19)18-10-6-8-12-20(18)21/h5-12,21-23H,13-16H2,1-4H3,(H,28,33)(H,29,32)(H,30,31)/t22-,23?/m1/s1. The molecule has 8 heteroatoms. The normalized spacial score (nSPS) is 14.4. The molecule has 2 aromatic carbocycles. The van der Waals surface area contributed by atoms with Crippen LogP contribution in [-0.4, -0.2) is 53.8 Å². The average molecular weight is 499 g/mol. The Morgan fingerprint density at radius 1 is 1.00 bits per heavy atom. The van der Waals surface area contributed by atoms with Crippen molar-refractivity contribution in [3.05, 3.63) is 59.7 Å². The summed E-state index contributed by atoms with van der Waals surface area (Å²) in [5.74, 6) is -0.822. The quantitative estimate of drug-likeness (QED) is 0.440.